The molecule has 0 unspecified atom stereocenters. The van der Waals surface area contributed by atoms with Crippen LogP contribution >= 0.6 is 23.2 Å². The zero-order chi connectivity index (χ0) is 17.4. The summed E-state index contributed by atoms with van der Waals surface area (Å²) >= 11 is 12.5. The average Bonchev–Trinajstić information content (AvgIpc) is 2.55. The van der Waals surface area contributed by atoms with Gasteiger partial charge in [-0.05, 0) is 37.6 Å². The first-order valence-electron chi connectivity index (χ1n) is 8.47. The standard InChI is InChI=1S/C20H25Cl2NO/c1-3-4-5-10-23-13-17-11-18(21)12-19(22)20(17)24-14-16-8-6-15(2)7-9-16/h6-9,11-12,23H,3-5,10,13-14H2,1-2H3. The zero-order valence-electron chi connectivity index (χ0n) is 14.4. The lowest BCUT2D eigenvalue weighted by atomic mass is 10.1. The molecule has 0 aliphatic carbocycles. The van der Waals surface area contributed by atoms with Crippen LogP contribution in [0.1, 0.15) is 42.9 Å². The minimum atomic E-state index is 0.491. The molecule has 0 saturated heterocycles. The van der Waals surface area contributed by atoms with Crippen LogP contribution < -0.4 is 10.1 Å². The molecule has 24 heavy (non-hydrogen) atoms. The molecule has 0 saturated carbocycles. The molecule has 2 aromatic rings. The number of rotatable bonds is 9. The molecular formula is C20H25Cl2NO. The average molecular weight is 366 g/mol. The van der Waals surface area contributed by atoms with E-state index in [1.807, 2.05) is 6.07 Å². The lowest BCUT2D eigenvalue weighted by Gasteiger charge is -2.15. The maximum absolute atomic E-state index is 6.35. The Bertz CT molecular complexity index is 641. The zero-order valence-corrected chi connectivity index (χ0v) is 15.9. The molecule has 0 aromatic heterocycles. The van der Waals surface area contributed by atoms with Crippen molar-refractivity contribution in [3.05, 3.63) is 63.1 Å². The molecule has 0 heterocycles. The Balaban J connectivity index is 2.02. The maximum atomic E-state index is 6.35. The first kappa shape index (κ1) is 19.1. The number of benzene rings is 2. The summed E-state index contributed by atoms with van der Waals surface area (Å²) in [5, 5.41) is 4.63. The van der Waals surface area contributed by atoms with E-state index in [2.05, 4.69) is 43.4 Å². The summed E-state index contributed by atoms with van der Waals surface area (Å²) < 4.78 is 6.00. The third-order valence-electron chi connectivity index (χ3n) is 3.86. The van der Waals surface area contributed by atoms with Gasteiger partial charge in [0, 0.05) is 17.1 Å². The lowest BCUT2D eigenvalue weighted by Crippen LogP contribution is -2.15. The molecule has 2 rings (SSSR count). The molecule has 2 aromatic carbocycles. The van der Waals surface area contributed by atoms with Crippen molar-refractivity contribution in [1.29, 1.82) is 0 Å². The van der Waals surface area contributed by atoms with Crippen molar-refractivity contribution in [1.82, 2.24) is 5.32 Å². The lowest BCUT2D eigenvalue weighted by molar-refractivity contribution is 0.302. The summed E-state index contributed by atoms with van der Waals surface area (Å²) in [4.78, 5) is 0. The predicted octanol–water partition coefficient (Wildman–Crippen LogP) is 6.16. The van der Waals surface area contributed by atoms with E-state index in [9.17, 15) is 0 Å². The van der Waals surface area contributed by atoms with Crippen LogP contribution in [-0.2, 0) is 13.2 Å². The van der Waals surface area contributed by atoms with Crippen LogP contribution in [0.3, 0.4) is 0 Å². The summed E-state index contributed by atoms with van der Waals surface area (Å²) in [6.45, 7) is 6.45. The van der Waals surface area contributed by atoms with Crippen molar-refractivity contribution in [3.63, 3.8) is 0 Å². The number of nitrogens with one attached hydrogen (secondary N) is 1. The highest BCUT2D eigenvalue weighted by molar-refractivity contribution is 6.35. The Labute approximate surface area is 155 Å². The molecule has 0 bridgehead atoms. The van der Waals surface area contributed by atoms with Crippen molar-refractivity contribution in [3.8, 4) is 5.75 Å². The van der Waals surface area contributed by atoms with Crippen molar-refractivity contribution in [2.45, 2.75) is 46.3 Å². The molecule has 1 N–H and O–H groups in total. The summed E-state index contributed by atoms with van der Waals surface area (Å²) in [6.07, 6.45) is 3.63. The molecular weight excluding hydrogens is 341 g/mol. The number of hydrogen-bond acceptors (Lipinski definition) is 2. The van der Waals surface area contributed by atoms with Gasteiger partial charge >= 0.3 is 0 Å². The predicted molar refractivity (Wildman–Crippen MR) is 103 cm³/mol. The van der Waals surface area contributed by atoms with Gasteiger partial charge in [0.15, 0.2) is 0 Å². The van der Waals surface area contributed by atoms with Gasteiger partial charge in [-0.25, -0.2) is 0 Å². The van der Waals surface area contributed by atoms with Gasteiger partial charge in [0.1, 0.15) is 12.4 Å². The second kappa shape index (κ2) is 9.93. The normalized spacial score (nSPS) is 10.8. The second-order valence-electron chi connectivity index (χ2n) is 6.03. The first-order chi connectivity index (χ1) is 11.6. The molecule has 0 spiro atoms. The number of halogens is 2. The molecule has 0 amide bonds. The number of aryl methyl sites for hydroxylation is 1. The van der Waals surface area contributed by atoms with Crippen LogP contribution in [0.4, 0.5) is 0 Å². The van der Waals surface area contributed by atoms with Gasteiger partial charge in [-0.3, -0.25) is 0 Å². The minimum Gasteiger partial charge on any atom is -0.487 e. The molecule has 0 aliphatic heterocycles. The molecule has 4 heteroatoms. The molecule has 0 atom stereocenters. The monoisotopic (exact) mass is 365 g/mol. The van der Waals surface area contributed by atoms with Crippen LogP contribution in [0.25, 0.3) is 0 Å². The SMILES string of the molecule is CCCCCNCc1cc(Cl)cc(Cl)c1OCc1ccc(C)cc1. The second-order valence-corrected chi connectivity index (χ2v) is 6.88. The van der Waals surface area contributed by atoms with E-state index in [0.29, 0.717) is 28.9 Å². The molecule has 0 aliphatic rings. The van der Waals surface area contributed by atoms with E-state index >= 15 is 0 Å². The third-order valence-corrected chi connectivity index (χ3v) is 4.36. The van der Waals surface area contributed by atoms with Gasteiger partial charge in [-0.1, -0.05) is 72.8 Å². The van der Waals surface area contributed by atoms with Crippen molar-refractivity contribution < 1.29 is 4.74 Å². The van der Waals surface area contributed by atoms with E-state index in [4.69, 9.17) is 27.9 Å². The fourth-order valence-corrected chi connectivity index (χ4v) is 3.06. The fourth-order valence-electron chi connectivity index (χ4n) is 2.47. The van der Waals surface area contributed by atoms with Crippen molar-refractivity contribution >= 4 is 23.2 Å². The molecule has 0 fully saturated rings. The Morgan fingerprint density at radius 1 is 1.04 bits per heavy atom. The van der Waals surface area contributed by atoms with Gasteiger partial charge in [0.05, 0.1) is 5.02 Å². The summed E-state index contributed by atoms with van der Waals surface area (Å²) in [5.74, 6) is 0.713. The van der Waals surface area contributed by atoms with Crippen molar-refractivity contribution in [2.75, 3.05) is 6.54 Å². The summed E-state index contributed by atoms with van der Waals surface area (Å²) in [6, 6.07) is 12.0. The largest absolute Gasteiger partial charge is 0.487 e. The molecule has 0 radical (unpaired) electrons. The Morgan fingerprint density at radius 2 is 1.79 bits per heavy atom. The minimum absolute atomic E-state index is 0.491. The quantitative estimate of drug-likeness (QED) is 0.537. The topological polar surface area (TPSA) is 21.3 Å². The Morgan fingerprint density at radius 3 is 2.50 bits per heavy atom. The number of ether oxygens (including phenoxy) is 1. The van der Waals surface area contributed by atoms with Crippen LogP contribution in [0.5, 0.6) is 5.75 Å². The van der Waals surface area contributed by atoms with E-state index in [1.165, 1.54) is 24.8 Å². The van der Waals surface area contributed by atoms with Gasteiger partial charge in [0.25, 0.3) is 0 Å². The summed E-state index contributed by atoms with van der Waals surface area (Å²) in [5.41, 5.74) is 3.35. The van der Waals surface area contributed by atoms with Gasteiger partial charge in [-0.15, -0.1) is 0 Å². The highest BCUT2D eigenvalue weighted by Crippen LogP contribution is 2.33. The number of unbranched alkanes of at least 4 members (excludes halogenated alkanes) is 2. The highest BCUT2D eigenvalue weighted by atomic mass is 35.5. The van der Waals surface area contributed by atoms with Gasteiger partial charge in [0.2, 0.25) is 0 Å². The van der Waals surface area contributed by atoms with Gasteiger partial charge in [-0.2, -0.15) is 0 Å². The van der Waals surface area contributed by atoms with E-state index in [-0.39, 0.29) is 0 Å². The van der Waals surface area contributed by atoms with Crippen LogP contribution in [0.15, 0.2) is 36.4 Å². The van der Waals surface area contributed by atoms with Gasteiger partial charge < -0.3 is 10.1 Å². The third kappa shape index (κ3) is 6.01. The van der Waals surface area contributed by atoms with Crippen LogP contribution in [0.2, 0.25) is 10.0 Å². The van der Waals surface area contributed by atoms with E-state index in [0.717, 1.165) is 17.7 Å². The Kier molecular flexibility index (Phi) is 7.90. The summed E-state index contributed by atoms with van der Waals surface area (Å²) in [7, 11) is 0. The smallest absolute Gasteiger partial charge is 0.142 e. The first-order valence-corrected chi connectivity index (χ1v) is 9.22. The fraction of sp³-hybridized carbons (Fsp3) is 0.400. The molecule has 130 valence electrons. The Hall–Kier alpha value is -1.22. The van der Waals surface area contributed by atoms with Crippen molar-refractivity contribution in [2.24, 2.45) is 0 Å². The molecule has 2 nitrogen and oxygen atoms in total. The maximum Gasteiger partial charge on any atom is 0.142 e. The van der Waals surface area contributed by atoms with E-state index < -0.39 is 0 Å². The van der Waals surface area contributed by atoms with E-state index in [1.54, 1.807) is 6.07 Å². The number of hydrogen-bond donors (Lipinski definition) is 1. The van der Waals surface area contributed by atoms with Crippen LogP contribution in [0, 0.1) is 6.92 Å². The van der Waals surface area contributed by atoms with Crippen LogP contribution in [-0.4, -0.2) is 6.54 Å². The highest BCUT2D eigenvalue weighted by Gasteiger charge is 2.11.